The van der Waals surface area contributed by atoms with Gasteiger partial charge >= 0.3 is 0 Å². The minimum absolute atomic E-state index is 0.00630. The van der Waals surface area contributed by atoms with Gasteiger partial charge in [-0.1, -0.05) is 6.07 Å². The van der Waals surface area contributed by atoms with Gasteiger partial charge in [0.25, 0.3) is 0 Å². The summed E-state index contributed by atoms with van der Waals surface area (Å²) < 4.78 is 13.3. The van der Waals surface area contributed by atoms with Crippen molar-refractivity contribution in [3.05, 3.63) is 35.1 Å². The summed E-state index contributed by atoms with van der Waals surface area (Å²) >= 11 is 0. The Morgan fingerprint density at radius 2 is 2.00 bits per heavy atom. The maximum Gasteiger partial charge on any atom is 0.140 e. The highest BCUT2D eigenvalue weighted by Gasteiger charge is 2.43. The Hall–Kier alpha value is -1.44. The van der Waals surface area contributed by atoms with Crippen molar-refractivity contribution in [2.75, 3.05) is 0 Å². The number of halogens is 1. The lowest BCUT2D eigenvalue weighted by molar-refractivity contribution is -0.0115. The van der Waals surface area contributed by atoms with Crippen LogP contribution >= 0.6 is 0 Å². The Balaban J connectivity index is 1.97. The first-order valence-corrected chi connectivity index (χ1v) is 6.29. The highest BCUT2D eigenvalue weighted by atomic mass is 19.1. The standard InChI is InChI=1S/C14H15FN2O/c15-13-4-1-10(5-9(13)8-16)14(18)6-11-2-3-12(7-14)17-11/h1,4-5,11-12,17-18H,2-3,6-7H2. The van der Waals surface area contributed by atoms with E-state index < -0.39 is 11.4 Å². The third-order valence-electron chi connectivity index (χ3n) is 4.13. The zero-order valence-corrected chi connectivity index (χ0v) is 9.99. The van der Waals surface area contributed by atoms with Gasteiger partial charge in [0.1, 0.15) is 11.9 Å². The smallest absolute Gasteiger partial charge is 0.140 e. The predicted molar refractivity (Wildman–Crippen MR) is 64.2 cm³/mol. The zero-order chi connectivity index (χ0) is 12.8. The lowest BCUT2D eigenvalue weighted by Gasteiger charge is -2.37. The molecule has 2 heterocycles. The molecule has 2 bridgehead atoms. The third-order valence-corrected chi connectivity index (χ3v) is 4.13. The molecule has 2 saturated heterocycles. The minimum atomic E-state index is -0.920. The Bertz CT molecular complexity index is 511. The summed E-state index contributed by atoms with van der Waals surface area (Å²) in [5.41, 5.74) is -0.248. The van der Waals surface area contributed by atoms with Crippen LogP contribution in [-0.4, -0.2) is 17.2 Å². The van der Waals surface area contributed by atoms with Crippen molar-refractivity contribution in [2.45, 2.75) is 43.4 Å². The van der Waals surface area contributed by atoms with Crippen molar-refractivity contribution in [2.24, 2.45) is 0 Å². The number of hydrogen-bond acceptors (Lipinski definition) is 3. The number of benzene rings is 1. The second-order valence-corrected chi connectivity index (χ2v) is 5.38. The van der Waals surface area contributed by atoms with Gasteiger partial charge in [-0.15, -0.1) is 0 Å². The van der Waals surface area contributed by atoms with Gasteiger partial charge in [-0.2, -0.15) is 5.26 Å². The third kappa shape index (κ3) is 1.80. The second kappa shape index (κ2) is 4.04. The molecule has 0 aromatic heterocycles. The number of rotatable bonds is 1. The molecule has 3 nitrogen and oxygen atoms in total. The molecule has 2 unspecified atom stereocenters. The molecule has 1 aromatic rings. The summed E-state index contributed by atoms with van der Waals surface area (Å²) in [6.45, 7) is 0. The predicted octanol–water partition coefficient (Wildman–Crippen LogP) is 1.80. The van der Waals surface area contributed by atoms with Crippen molar-refractivity contribution in [1.82, 2.24) is 5.32 Å². The van der Waals surface area contributed by atoms with Crippen molar-refractivity contribution >= 4 is 0 Å². The van der Waals surface area contributed by atoms with Gasteiger partial charge in [0.05, 0.1) is 11.2 Å². The van der Waals surface area contributed by atoms with Crippen LogP contribution < -0.4 is 5.32 Å². The summed E-state index contributed by atoms with van der Waals surface area (Å²) in [5.74, 6) is -0.526. The fourth-order valence-electron chi connectivity index (χ4n) is 3.26. The molecule has 3 rings (SSSR count). The van der Waals surface area contributed by atoms with Crippen molar-refractivity contribution in [3.8, 4) is 6.07 Å². The lowest BCUT2D eigenvalue weighted by Crippen LogP contribution is -2.46. The van der Waals surface area contributed by atoms with Crippen molar-refractivity contribution in [3.63, 3.8) is 0 Å². The summed E-state index contributed by atoms with van der Waals surface area (Å²) in [4.78, 5) is 0. The Kier molecular flexibility index (Phi) is 2.61. The second-order valence-electron chi connectivity index (χ2n) is 5.38. The number of piperidine rings is 1. The summed E-state index contributed by atoms with van der Waals surface area (Å²) in [6, 6.07) is 6.86. The van der Waals surface area contributed by atoms with Gasteiger partial charge in [0.15, 0.2) is 0 Å². The molecule has 0 spiro atoms. The van der Waals surface area contributed by atoms with E-state index in [1.54, 1.807) is 6.07 Å². The molecule has 2 N–H and O–H groups in total. The molecule has 0 saturated carbocycles. The molecule has 1 aromatic carbocycles. The average Bonchev–Trinajstić information content (AvgIpc) is 2.69. The van der Waals surface area contributed by atoms with E-state index in [1.807, 2.05) is 6.07 Å². The topological polar surface area (TPSA) is 56.0 Å². The Labute approximate surface area is 105 Å². The van der Waals surface area contributed by atoms with E-state index in [-0.39, 0.29) is 5.56 Å². The van der Waals surface area contributed by atoms with Crippen LogP contribution in [0.25, 0.3) is 0 Å². The van der Waals surface area contributed by atoms with Crippen LogP contribution in [0.1, 0.15) is 36.8 Å². The summed E-state index contributed by atoms with van der Waals surface area (Å²) in [6.07, 6.45) is 3.44. The molecule has 2 atom stereocenters. The van der Waals surface area contributed by atoms with Crippen molar-refractivity contribution < 1.29 is 9.50 Å². The van der Waals surface area contributed by atoms with Gasteiger partial charge in [0.2, 0.25) is 0 Å². The molecular weight excluding hydrogens is 231 g/mol. The molecule has 18 heavy (non-hydrogen) atoms. The Morgan fingerprint density at radius 1 is 1.33 bits per heavy atom. The van der Waals surface area contributed by atoms with Crippen LogP contribution in [0.15, 0.2) is 18.2 Å². The number of aliphatic hydroxyl groups is 1. The first kappa shape index (κ1) is 11.6. The van der Waals surface area contributed by atoms with E-state index in [0.717, 1.165) is 12.8 Å². The van der Waals surface area contributed by atoms with E-state index in [0.29, 0.717) is 30.5 Å². The van der Waals surface area contributed by atoms with Crippen molar-refractivity contribution in [1.29, 1.82) is 5.26 Å². The SMILES string of the molecule is N#Cc1cc(C2(O)CC3CCC(C2)N3)ccc1F. The van der Waals surface area contributed by atoms with E-state index in [2.05, 4.69) is 5.32 Å². The van der Waals surface area contributed by atoms with Crippen LogP contribution in [0.3, 0.4) is 0 Å². The maximum absolute atomic E-state index is 13.3. The van der Waals surface area contributed by atoms with Gasteiger partial charge in [-0.05, 0) is 43.4 Å². The first-order valence-electron chi connectivity index (χ1n) is 6.29. The molecule has 4 heteroatoms. The van der Waals surface area contributed by atoms with Crippen LogP contribution in [0, 0.1) is 17.1 Å². The van der Waals surface area contributed by atoms with Gasteiger partial charge in [-0.25, -0.2) is 4.39 Å². The normalized spacial score (nSPS) is 34.3. The molecule has 94 valence electrons. The average molecular weight is 246 g/mol. The number of nitrogens with zero attached hydrogens (tertiary/aromatic N) is 1. The quantitative estimate of drug-likeness (QED) is 0.794. The molecule has 2 fully saturated rings. The first-order chi connectivity index (χ1) is 8.60. The minimum Gasteiger partial charge on any atom is -0.385 e. The fraction of sp³-hybridized carbons (Fsp3) is 0.500. The largest absolute Gasteiger partial charge is 0.385 e. The number of nitrogens with one attached hydrogen (secondary N) is 1. The van der Waals surface area contributed by atoms with E-state index in [4.69, 9.17) is 5.26 Å². The van der Waals surface area contributed by atoms with Crippen LogP contribution in [0.5, 0.6) is 0 Å². The highest BCUT2D eigenvalue weighted by Crippen LogP contribution is 2.40. The lowest BCUT2D eigenvalue weighted by atomic mass is 9.81. The van der Waals surface area contributed by atoms with Gasteiger partial charge in [0, 0.05) is 12.1 Å². The zero-order valence-electron chi connectivity index (χ0n) is 9.99. The van der Waals surface area contributed by atoms with Crippen LogP contribution in [-0.2, 0) is 5.60 Å². The number of hydrogen-bond donors (Lipinski definition) is 2. The monoisotopic (exact) mass is 246 g/mol. The molecule has 0 aliphatic carbocycles. The Morgan fingerprint density at radius 3 is 2.61 bits per heavy atom. The molecule has 2 aliphatic heterocycles. The van der Waals surface area contributed by atoms with Crippen LogP contribution in [0.2, 0.25) is 0 Å². The van der Waals surface area contributed by atoms with Crippen LogP contribution in [0.4, 0.5) is 4.39 Å². The fourth-order valence-corrected chi connectivity index (χ4v) is 3.26. The maximum atomic E-state index is 13.3. The van der Waals surface area contributed by atoms with Gasteiger partial charge in [-0.3, -0.25) is 0 Å². The molecule has 2 aliphatic rings. The number of fused-ring (bicyclic) bond motifs is 2. The summed E-state index contributed by atoms with van der Waals surface area (Å²) in [5, 5.41) is 23.1. The molecule has 0 radical (unpaired) electrons. The molecule has 0 amide bonds. The van der Waals surface area contributed by atoms with E-state index in [1.165, 1.54) is 12.1 Å². The highest BCUT2D eigenvalue weighted by molar-refractivity contribution is 5.37. The molecular formula is C14H15FN2O. The van der Waals surface area contributed by atoms with Gasteiger partial charge < -0.3 is 10.4 Å². The summed E-state index contributed by atoms with van der Waals surface area (Å²) in [7, 11) is 0. The number of nitriles is 1. The van der Waals surface area contributed by atoms with E-state index in [9.17, 15) is 9.50 Å². The van der Waals surface area contributed by atoms with E-state index >= 15 is 0 Å².